The normalized spacial score (nSPS) is 10.2. The average molecular weight is 331 g/mol. The standard InChI is InChI=1S/C21H17NO3/c23-20(22-14-15-9-11-17(12-10-15)21(24)25)19-8-4-7-18(13-19)16-5-2-1-3-6-16/h1-13H,14H2,(H,22,23)(H,24,25). The number of benzene rings is 3. The second kappa shape index (κ2) is 7.45. The lowest BCUT2D eigenvalue weighted by Crippen LogP contribution is -2.22. The molecule has 0 aliphatic heterocycles. The van der Waals surface area contributed by atoms with Gasteiger partial charge in [0.05, 0.1) is 5.56 Å². The molecule has 4 heteroatoms. The van der Waals surface area contributed by atoms with E-state index in [0.29, 0.717) is 12.1 Å². The zero-order valence-corrected chi connectivity index (χ0v) is 13.5. The Hall–Kier alpha value is -3.40. The van der Waals surface area contributed by atoms with Crippen LogP contribution >= 0.6 is 0 Å². The van der Waals surface area contributed by atoms with Crippen LogP contribution in [0.15, 0.2) is 78.9 Å². The summed E-state index contributed by atoms with van der Waals surface area (Å²) in [6.45, 7) is 0.342. The van der Waals surface area contributed by atoms with Crippen molar-refractivity contribution in [3.8, 4) is 11.1 Å². The van der Waals surface area contributed by atoms with Gasteiger partial charge in [-0.25, -0.2) is 4.79 Å². The van der Waals surface area contributed by atoms with Gasteiger partial charge in [-0.2, -0.15) is 0 Å². The Morgan fingerprint density at radius 1 is 0.760 bits per heavy atom. The van der Waals surface area contributed by atoms with Crippen LogP contribution in [0.2, 0.25) is 0 Å². The smallest absolute Gasteiger partial charge is 0.335 e. The van der Waals surface area contributed by atoms with Gasteiger partial charge in [0, 0.05) is 12.1 Å². The minimum atomic E-state index is -0.965. The van der Waals surface area contributed by atoms with E-state index in [0.717, 1.165) is 16.7 Å². The third kappa shape index (κ3) is 4.12. The topological polar surface area (TPSA) is 66.4 Å². The highest BCUT2D eigenvalue weighted by Crippen LogP contribution is 2.20. The van der Waals surface area contributed by atoms with E-state index in [1.807, 2.05) is 48.5 Å². The molecule has 3 rings (SSSR count). The fourth-order valence-electron chi connectivity index (χ4n) is 2.52. The molecule has 0 bridgehead atoms. The van der Waals surface area contributed by atoms with Crippen molar-refractivity contribution in [1.29, 1.82) is 0 Å². The number of carbonyl (C=O) groups is 2. The molecule has 0 aliphatic carbocycles. The number of rotatable bonds is 5. The van der Waals surface area contributed by atoms with Crippen LogP contribution in [-0.4, -0.2) is 17.0 Å². The Balaban J connectivity index is 1.68. The minimum Gasteiger partial charge on any atom is -0.478 e. The van der Waals surface area contributed by atoms with E-state index in [1.165, 1.54) is 12.1 Å². The van der Waals surface area contributed by atoms with E-state index in [1.54, 1.807) is 18.2 Å². The Labute approximate surface area is 145 Å². The molecule has 1 amide bonds. The third-order valence-electron chi connectivity index (χ3n) is 3.89. The average Bonchev–Trinajstić information content (AvgIpc) is 2.67. The van der Waals surface area contributed by atoms with Crippen molar-refractivity contribution >= 4 is 11.9 Å². The first kappa shape index (κ1) is 16.5. The van der Waals surface area contributed by atoms with E-state index in [4.69, 9.17) is 5.11 Å². The summed E-state index contributed by atoms with van der Waals surface area (Å²) in [5.41, 5.74) is 3.70. The molecular formula is C21H17NO3. The summed E-state index contributed by atoms with van der Waals surface area (Å²) >= 11 is 0. The molecule has 0 heterocycles. The maximum atomic E-state index is 12.4. The highest BCUT2D eigenvalue weighted by Gasteiger charge is 2.08. The summed E-state index contributed by atoms with van der Waals surface area (Å²) in [5.74, 6) is -1.13. The van der Waals surface area contributed by atoms with E-state index in [2.05, 4.69) is 5.32 Å². The lowest BCUT2D eigenvalue weighted by molar-refractivity contribution is 0.0696. The quantitative estimate of drug-likeness (QED) is 0.743. The summed E-state index contributed by atoms with van der Waals surface area (Å²) in [6, 6.07) is 23.8. The van der Waals surface area contributed by atoms with Gasteiger partial charge in [0.2, 0.25) is 0 Å². The lowest BCUT2D eigenvalue weighted by atomic mass is 10.0. The second-order valence-corrected chi connectivity index (χ2v) is 5.63. The van der Waals surface area contributed by atoms with Crippen LogP contribution in [0, 0.1) is 0 Å². The Bertz CT molecular complexity index is 887. The molecule has 0 radical (unpaired) electrons. The van der Waals surface area contributed by atoms with Crippen molar-refractivity contribution in [2.24, 2.45) is 0 Å². The van der Waals surface area contributed by atoms with E-state index >= 15 is 0 Å². The monoisotopic (exact) mass is 331 g/mol. The molecule has 3 aromatic carbocycles. The van der Waals surface area contributed by atoms with Crippen molar-refractivity contribution in [3.05, 3.63) is 95.6 Å². The molecular weight excluding hydrogens is 314 g/mol. The number of carbonyl (C=O) groups excluding carboxylic acids is 1. The van der Waals surface area contributed by atoms with Crippen LogP contribution < -0.4 is 5.32 Å². The maximum Gasteiger partial charge on any atom is 0.335 e. The molecule has 0 aromatic heterocycles. The van der Waals surface area contributed by atoms with Crippen molar-refractivity contribution in [2.45, 2.75) is 6.54 Å². The predicted octanol–water partition coefficient (Wildman–Crippen LogP) is 3.98. The third-order valence-corrected chi connectivity index (χ3v) is 3.89. The Morgan fingerprint density at radius 2 is 1.44 bits per heavy atom. The first-order chi connectivity index (χ1) is 12.1. The Morgan fingerprint density at radius 3 is 2.12 bits per heavy atom. The molecule has 0 unspecified atom stereocenters. The molecule has 0 atom stereocenters. The van der Waals surface area contributed by atoms with Gasteiger partial charge in [-0.1, -0.05) is 54.6 Å². The summed E-state index contributed by atoms with van der Waals surface area (Å²) in [4.78, 5) is 23.2. The van der Waals surface area contributed by atoms with Gasteiger partial charge >= 0.3 is 5.97 Å². The number of amides is 1. The van der Waals surface area contributed by atoms with E-state index in [-0.39, 0.29) is 11.5 Å². The second-order valence-electron chi connectivity index (χ2n) is 5.63. The summed E-state index contributed by atoms with van der Waals surface area (Å²) in [7, 11) is 0. The largest absolute Gasteiger partial charge is 0.478 e. The lowest BCUT2D eigenvalue weighted by Gasteiger charge is -2.08. The molecule has 4 nitrogen and oxygen atoms in total. The fraction of sp³-hybridized carbons (Fsp3) is 0.0476. The zero-order valence-electron chi connectivity index (χ0n) is 13.5. The van der Waals surface area contributed by atoms with Crippen molar-refractivity contribution in [3.63, 3.8) is 0 Å². The molecule has 25 heavy (non-hydrogen) atoms. The van der Waals surface area contributed by atoms with Gasteiger partial charge in [0.25, 0.3) is 5.91 Å². The van der Waals surface area contributed by atoms with Crippen molar-refractivity contribution < 1.29 is 14.7 Å². The van der Waals surface area contributed by atoms with Gasteiger partial charge in [-0.05, 0) is 41.0 Å². The number of carboxylic acids is 1. The van der Waals surface area contributed by atoms with Crippen LogP contribution in [0.5, 0.6) is 0 Å². The van der Waals surface area contributed by atoms with Crippen LogP contribution in [0.1, 0.15) is 26.3 Å². The molecule has 0 saturated carbocycles. The van der Waals surface area contributed by atoms with Gasteiger partial charge in [0.1, 0.15) is 0 Å². The highest BCUT2D eigenvalue weighted by molar-refractivity contribution is 5.95. The SMILES string of the molecule is O=C(O)c1ccc(CNC(=O)c2cccc(-c3ccccc3)c2)cc1. The van der Waals surface area contributed by atoms with Crippen LogP contribution in [0.3, 0.4) is 0 Å². The summed E-state index contributed by atoms with van der Waals surface area (Å²) < 4.78 is 0. The molecule has 3 aromatic rings. The number of hydrogen-bond acceptors (Lipinski definition) is 2. The first-order valence-corrected chi connectivity index (χ1v) is 7.89. The maximum absolute atomic E-state index is 12.4. The summed E-state index contributed by atoms with van der Waals surface area (Å²) in [5, 5.41) is 11.7. The van der Waals surface area contributed by atoms with Gasteiger partial charge in [-0.15, -0.1) is 0 Å². The number of aromatic carboxylic acids is 1. The first-order valence-electron chi connectivity index (χ1n) is 7.89. The minimum absolute atomic E-state index is 0.167. The number of hydrogen-bond donors (Lipinski definition) is 2. The van der Waals surface area contributed by atoms with Crippen LogP contribution in [0.4, 0.5) is 0 Å². The van der Waals surface area contributed by atoms with E-state index < -0.39 is 5.97 Å². The van der Waals surface area contributed by atoms with Crippen LogP contribution in [0.25, 0.3) is 11.1 Å². The van der Waals surface area contributed by atoms with Crippen molar-refractivity contribution in [2.75, 3.05) is 0 Å². The van der Waals surface area contributed by atoms with Gasteiger partial charge in [0.15, 0.2) is 0 Å². The number of nitrogens with one attached hydrogen (secondary N) is 1. The van der Waals surface area contributed by atoms with Gasteiger partial charge < -0.3 is 10.4 Å². The van der Waals surface area contributed by atoms with Crippen LogP contribution in [-0.2, 0) is 6.54 Å². The summed E-state index contributed by atoms with van der Waals surface area (Å²) in [6.07, 6.45) is 0. The van der Waals surface area contributed by atoms with Gasteiger partial charge in [-0.3, -0.25) is 4.79 Å². The Kier molecular flexibility index (Phi) is 4.90. The molecule has 2 N–H and O–H groups in total. The zero-order chi connectivity index (χ0) is 17.6. The number of carboxylic acid groups (broad SMARTS) is 1. The van der Waals surface area contributed by atoms with Crippen molar-refractivity contribution in [1.82, 2.24) is 5.32 Å². The fourth-order valence-corrected chi connectivity index (χ4v) is 2.52. The molecule has 0 spiro atoms. The molecule has 0 aliphatic rings. The molecule has 0 fully saturated rings. The predicted molar refractivity (Wildman–Crippen MR) is 96.4 cm³/mol. The molecule has 0 saturated heterocycles. The molecule has 124 valence electrons. The highest BCUT2D eigenvalue weighted by atomic mass is 16.4. The van der Waals surface area contributed by atoms with E-state index in [9.17, 15) is 9.59 Å².